The number of rotatable bonds is 7. The summed E-state index contributed by atoms with van der Waals surface area (Å²) in [6, 6.07) is 4.85. The smallest absolute Gasteiger partial charge is 0.341 e. The number of hydrogen-bond donors (Lipinski definition) is 1. The zero-order valence-electron chi connectivity index (χ0n) is 14.0. The lowest BCUT2D eigenvalue weighted by atomic mass is 9.98. The van der Waals surface area contributed by atoms with Crippen molar-refractivity contribution in [2.45, 2.75) is 32.3 Å². The third-order valence-electron chi connectivity index (χ3n) is 4.11. The minimum Gasteiger partial charge on any atom is -0.496 e. The number of esters is 1. The van der Waals surface area contributed by atoms with E-state index in [2.05, 4.69) is 5.32 Å². The molecule has 126 valence electrons. The van der Waals surface area contributed by atoms with Crippen LogP contribution in [-0.2, 0) is 14.3 Å². The summed E-state index contributed by atoms with van der Waals surface area (Å²) in [4.78, 5) is 24.4. The van der Waals surface area contributed by atoms with Crippen molar-refractivity contribution in [1.29, 1.82) is 0 Å². The predicted molar refractivity (Wildman–Crippen MR) is 85.7 cm³/mol. The van der Waals surface area contributed by atoms with Gasteiger partial charge >= 0.3 is 5.97 Å². The molecule has 23 heavy (non-hydrogen) atoms. The first-order chi connectivity index (χ1) is 11.0. The second-order valence-electron chi connectivity index (χ2n) is 5.68. The molecule has 0 saturated heterocycles. The van der Waals surface area contributed by atoms with E-state index in [0.29, 0.717) is 18.0 Å². The molecule has 1 amide bonds. The maximum absolute atomic E-state index is 12.6. The molecule has 0 heterocycles. The van der Waals surface area contributed by atoms with Crippen LogP contribution in [0.15, 0.2) is 18.2 Å². The Balaban J connectivity index is 2.22. The number of hydrogen-bond acceptors (Lipinski definition) is 5. The molecule has 1 saturated carbocycles. The van der Waals surface area contributed by atoms with E-state index in [1.165, 1.54) is 14.2 Å². The molecule has 1 N–H and O–H groups in total. The summed E-state index contributed by atoms with van der Waals surface area (Å²) < 4.78 is 15.6. The molecule has 0 bridgehead atoms. The summed E-state index contributed by atoms with van der Waals surface area (Å²) in [5, 5.41) is 2.83. The molecule has 1 aliphatic rings. The lowest BCUT2D eigenvalue weighted by molar-refractivity contribution is -0.141. The Labute approximate surface area is 136 Å². The van der Waals surface area contributed by atoms with Crippen LogP contribution in [0, 0.1) is 5.92 Å². The van der Waals surface area contributed by atoms with E-state index in [1.807, 2.05) is 13.8 Å². The van der Waals surface area contributed by atoms with Gasteiger partial charge in [0.25, 0.3) is 5.91 Å². The van der Waals surface area contributed by atoms with Gasteiger partial charge in [-0.1, -0.05) is 0 Å². The summed E-state index contributed by atoms with van der Waals surface area (Å²) in [5.74, 6) is -0.0964. The Bertz CT molecular complexity index is 597. The van der Waals surface area contributed by atoms with Crippen LogP contribution in [0.1, 0.15) is 37.0 Å². The van der Waals surface area contributed by atoms with Gasteiger partial charge in [-0.05, 0) is 50.8 Å². The highest BCUT2D eigenvalue weighted by atomic mass is 16.5. The zero-order valence-corrected chi connectivity index (χ0v) is 14.0. The predicted octanol–water partition coefficient (Wildman–Crippen LogP) is 2.63. The zero-order chi connectivity index (χ0) is 17.0. The number of amides is 1. The Morgan fingerprint density at radius 2 is 2.00 bits per heavy atom. The second kappa shape index (κ2) is 7.00. The summed E-state index contributed by atoms with van der Waals surface area (Å²) in [5.41, 5.74) is -0.0831. The molecule has 1 aromatic carbocycles. The van der Waals surface area contributed by atoms with Crippen molar-refractivity contribution in [2.75, 3.05) is 26.1 Å². The highest BCUT2D eigenvalue weighted by molar-refractivity contribution is 5.99. The van der Waals surface area contributed by atoms with Gasteiger partial charge in [0.1, 0.15) is 16.9 Å². The fourth-order valence-corrected chi connectivity index (χ4v) is 2.61. The Morgan fingerprint density at radius 3 is 2.52 bits per heavy atom. The maximum Gasteiger partial charge on any atom is 0.341 e. The maximum atomic E-state index is 12.6. The number of carbonyl (C=O) groups is 2. The van der Waals surface area contributed by atoms with Gasteiger partial charge in [0.05, 0.1) is 14.2 Å². The van der Waals surface area contributed by atoms with Crippen LogP contribution in [0.4, 0.5) is 5.69 Å². The number of carbonyl (C=O) groups excluding carboxylic acids is 2. The first-order valence-corrected chi connectivity index (χ1v) is 7.68. The van der Waals surface area contributed by atoms with Gasteiger partial charge in [0.15, 0.2) is 0 Å². The molecule has 2 rings (SSSR count). The molecule has 0 spiro atoms. The average Bonchev–Trinajstić information content (AvgIpc) is 3.39. The van der Waals surface area contributed by atoms with Crippen LogP contribution in [0.5, 0.6) is 5.75 Å². The van der Waals surface area contributed by atoms with Crippen LogP contribution in [0.3, 0.4) is 0 Å². The summed E-state index contributed by atoms with van der Waals surface area (Å²) >= 11 is 0. The van der Waals surface area contributed by atoms with Crippen LogP contribution >= 0.6 is 0 Å². The van der Waals surface area contributed by atoms with Gasteiger partial charge in [-0.25, -0.2) is 4.79 Å². The van der Waals surface area contributed by atoms with Gasteiger partial charge < -0.3 is 19.5 Å². The number of methoxy groups -OCH3 is 2. The third kappa shape index (κ3) is 3.64. The largest absolute Gasteiger partial charge is 0.496 e. The van der Waals surface area contributed by atoms with Gasteiger partial charge in [-0.15, -0.1) is 0 Å². The van der Waals surface area contributed by atoms with Gasteiger partial charge in [-0.2, -0.15) is 0 Å². The topological polar surface area (TPSA) is 73.9 Å². The lowest BCUT2D eigenvalue weighted by Crippen LogP contribution is -2.44. The van der Waals surface area contributed by atoms with Crippen molar-refractivity contribution in [1.82, 2.24) is 0 Å². The number of anilines is 1. The standard InChI is InChI=1S/C17H23NO5/c1-5-23-17(2,11-6-7-11)16(20)18-12-8-9-14(21-3)13(10-12)15(19)22-4/h8-11H,5-7H2,1-4H3,(H,18,20)/t17-/m1/s1. The van der Waals surface area contributed by atoms with Crippen molar-refractivity contribution >= 4 is 17.6 Å². The molecule has 1 aromatic rings. The molecular formula is C17H23NO5. The Kier molecular flexibility index (Phi) is 5.26. The van der Waals surface area contributed by atoms with Crippen LogP contribution in [0.25, 0.3) is 0 Å². The highest BCUT2D eigenvalue weighted by Crippen LogP contribution is 2.42. The van der Waals surface area contributed by atoms with Crippen molar-refractivity contribution in [3.05, 3.63) is 23.8 Å². The van der Waals surface area contributed by atoms with Crippen molar-refractivity contribution in [2.24, 2.45) is 5.92 Å². The van der Waals surface area contributed by atoms with Crippen molar-refractivity contribution < 1.29 is 23.8 Å². The fraction of sp³-hybridized carbons (Fsp3) is 0.529. The molecule has 6 heteroatoms. The van der Waals surface area contributed by atoms with E-state index < -0.39 is 11.6 Å². The quantitative estimate of drug-likeness (QED) is 0.782. The van der Waals surface area contributed by atoms with Gasteiger partial charge in [-0.3, -0.25) is 4.79 Å². The van der Waals surface area contributed by atoms with E-state index in [4.69, 9.17) is 14.2 Å². The van der Waals surface area contributed by atoms with E-state index in [1.54, 1.807) is 18.2 Å². The van der Waals surface area contributed by atoms with E-state index >= 15 is 0 Å². The number of benzene rings is 1. The van der Waals surface area contributed by atoms with E-state index in [-0.39, 0.29) is 17.4 Å². The minimum absolute atomic E-state index is 0.206. The number of nitrogens with one attached hydrogen (secondary N) is 1. The average molecular weight is 321 g/mol. The molecule has 6 nitrogen and oxygen atoms in total. The van der Waals surface area contributed by atoms with Crippen LogP contribution in [-0.4, -0.2) is 38.3 Å². The summed E-state index contributed by atoms with van der Waals surface area (Å²) in [7, 11) is 2.77. The third-order valence-corrected chi connectivity index (χ3v) is 4.11. The van der Waals surface area contributed by atoms with E-state index in [0.717, 1.165) is 12.8 Å². The highest BCUT2D eigenvalue weighted by Gasteiger charge is 2.48. The molecule has 0 radical (unpaired) electrons. The molecular weight excluding hydrogens is 298 g/mol. The lowest BCUT2D eigenvalue weighted by Gasteiger charge is -2.28. The Hall–Kier alpha value is -2.08. The normalized spacial score (nSPS) is 16.3. The van der Waals surface area contributed by atoms with Gasteiger partial charge in [0.2, 0.25) is 0 Å². The van der Waals surface area contributed by atoms with Crippen molar-refractivity contribution in [3.63, 3.8) is 0 Å². The summed E-state index contributed by atoms with van der Waals surface area (Å²) in [6.45, 7) is 4.15. The minimum atomic E-state index is -0.847. The molecule has 0 unspecified atom stereocenters. The fourth-order valence-electron chi connectivity index (χ4n) is 2.61. The van der Waals surface area contributed by atoms with Gasteiger partial charge in [0, 0.05) is 12.3 Å². The Morgan fingerprint density at radius 1 is 1.30 bits per heavy atom. The number of ether oxygens (including phenoxy) is 3. The van der Waals surface area contributed by atoms with E-state index in [9.17, 15) is 9.59 Å². The first-order valence-electron chi connectivity index (χ1n) is 7.68. The monoisotopic (exact) mass is 321 g/mol. The molecule has 0 aliphatic heterocycles. The molecule has 0 aromatic heterocycles. The van der Waals surface area contributed by atoms with Crippen molar-refractivity contribution in [3.8, 4) is 5.75 Å². The molecule has 1 fully saturated rings. The molecule has 1 atom stereocenters. The van der Waals surface area contributed by atoms with Crippen LogP contribution < -0.4 is 10.1 Å². The second-order valence-corrected chi connectivity index (χ2v) is 5.68. The molecule has 1 aliphatic carbocycles. The first kappa shape index (κ1) is 17.3. The SMILES string of the molecule is CCO[C@@](C)(C(=O)Nc1ccc(OC)c(C(=O)OC)c1)C1CC1. The van der Waals surface area contributed by atoms with Crippen LogP contribution in [0.2, 0.25) is 0 Å². The summed E-state index contributed by atoms with van der Waals surface area (Å²) in [6.07, 6.45) is 1.97.